The first-order chi connectivity index (χ1) is 13.6. The van der Waals surface area contributed by atoms with Crippen LogP contribution in [0, 0.1) is 0 Å². The minimum atomic E-state index is -0.482. The second-order valence-electron chi connectivity index (χ2n) is 6.12. The number of ether oxygens (including phenoxy) is 3. The lowest BCUT2D eigenvalue weighted by Gasteiger charge is -2.23. The van der Waals surface area contributed by atoms with Gasteiger partial charge in [0.1, 0.15) is 12.4 Å². The van der Waals surface area contributed by atoms with Gasteiger partial charge in [-0.15, -0.1) is 10.2 Å². The standard InChI is InChI=1S/C20H18N2O5S/c1-12(18(23)13-7-9-14(24-2)10-8-13)28-20-22-21-19(27-20)17-11-25-15-5-3-4-6-16(15)26-17/h3-10,12,17H,11H2,1-2H3/t12-,17+/m0/s1. The highest BCUT2D eigenvalue weighted by Gasteiger charge is 2.28. The Morgan fingerprint density at radius 2 is 1.89 bits per heavy atom. The van der Waals surface area contributed by atoms with Crippen LogP contribution in [0.5, 0.6) is 17.2 Å². The van der Waals surface area contributed by atoms with Crippen LogP contribution in [-0.4, -0.2) is 34.9 Å². The van der Waals surface area contributed by atoms with E-state index in [1.54, 1.807) is 38.3 Å². The summed E-state index contributed by atoms with van der Waals surface area (Å²) in [5.41, 5.74) is 0.598. The smallest absolute Gasteiger partial charge is 0.277 e. The molecule has 0 aliphatic carbocycles. The summed E-state index contributed by atoms with van der Waals surface area (Å²) in [7, 11) is 1.59. The summed E-state index contributed by atoms with van der Waals surface area (Å²) in [4.78, 5) is 12.6. The third-order valence-corrected chi connectivity index (χ3v) is 5.16. The van der Waals surface area contributed by atoms with E-state index in [9.17, 15) is 4.79 Å². The van der Waals surface area contributed by atoms with Gasteiger partial charge in [0.05, 0.1) is 12.4 Å². The molecule has 28 heavy (non-hydrogen) atoms. The van der Waals surface area contributed by atoms with Crippen LogP contribution in [0.2, 0.25) is 0 Å². The Hall–Kier alpha value is -3.00. The quantitative estimate of drug-likeness (QED) is 0.456. The molecule has 1 aliphatic rings. The SMILES string of the molecule is COc1ccc(C(=O)[C@H](C)Sc2nnc([C@H]3COc4ccccc4O3)o2)cc1. The van der Waals surface area contributed by atoms with E-state index in [1.165, 1.54) is 11.8 Å². The first kappa shape index (κ1) is 18.4. The Labute approximate surface area is 166 Å². The molecule has 0 fully saturated rings. The number of hydrogen-bond acceptors (Lipinski definition) is 8. The minimum absolute atomic E-state index is 0.0291. The molecule has 4 rings (SSSR count). The van der Waals surface area contributed by atoms with Crippen LogP contribution >= 0.6 is 11.8 Å². The summed E-state index contributed by atoms with van der Waals surface area (Å²) in [5.74, 6) is 2.31. The number of para-hydroxylation sites is 2. The number of thioether (sulfide) groups is 1. The molecule has 7 nitrogen and oxygen atoms in total. The van der Waals surface area contributed by atoms with Crippen LogP contribution in [0.4, 0.5) is 0 Å². The number of Topliss-reactive ketones (excluding diaryl/α,β-unsaturated/α-hetero) is 1. The third kappa shape index (κ3) is 3.82. The van der Waals surface area contributed by atoms with Crippen molar-refractivity contribution in [3.63, 3.8) is 0 Å². The lowest BCUT2D eigenvalue weighted by molar-refractivity contribution is 0.0686. The van der Waals surface area contributed by atoms with Gasteiger partial charge < -0.3 is 18.6 Å². The van der Waals surface area contributed by atoms with Gasteiger partial charge in [0.15, 0.2) is 17.3 Å². The van der Waals surface area contributed by atoms with Crippen molar-refractivity contribution in [3.8, 4) is 17.2 Å². The number of rotatable bonds is 6. The Morgan fingerprint density at radius 3 is 2.64 bits per heavy atom. The lowest BCUT2D eigenvalue weighted by Crippen LogP contribution is -2.21. The molecule has 144 valence electrons. The number of fused-ring (bicyclic) bond motifs is 1. The van der Waals surface area contributed by atoms with E-state index in [1.807, 2.05) is 24.3 Å². The zero-order chi connectivity index (χ0) is 19.5. The highest BCUT2D eigenvalue weighted by atomic mass is 32.2. The molecule has 3 aromatic rings. The monoisotopic (exact) mass is 398 g/mol. The number of methoxy groups -OCH3 is 1. The van der Waals surface area contributed by atoms with Crippen molar-refractivity contribution in [2.75, 3.05) is 13.7 Å². The van der Waals surface area contributed by atoms with Crippen LogP contribution in [0.3, 0.4) is 0 Å². The number of aromatic nitrogens is 2. The van der Waals surface area contributed by atoms with Crippen molar-refractivity contribution < 1.29 is 23.4 Å². The molecule has 8 heteroatoms. The molecular formula is C20H18N2O5S. The highest BCUT2D eigenvalue weighted by molar-refractivity contribution is 8.00. The average molecular weight is 398 g/mol. The molecule has 0 radical (unpaired) electrons. The van der Waals surface area contributed by atoms with Crippen LogP contribution in [0.15, 0.2) is 58.2 Å². The van der Waals surface area contributed by atoms with Gasteiger partial charge in [0.2, 0.25) is 6.10 Å². The number of hydrogen-bond donors (Lipinski definition) is 0. The molecule has 0 spiro atoms. The van der Waals surface area contributed by atoms with Gasteiger partial charge in [0.25, 0.3) is 11.1 Å². The van der Waals surface area contributed by atoms with Crippen molar-refractivity contribution in [3.05, 3.63) is 60.0 Å². The van der Waals surface area contributed by atoms with Crippen molar-refractivity contribution in [2.24, 2.45) is 0 Å². The summed E-state index contributed by atoms with van der Waals surface area (Å²) < 4.78 is 22.3. The van der Waals surface area contributed by atoms with E-state index in [-0.39, 0.29) is 17.6 Å². The van der Waals surface area contributed by atoms with Crippen molar-refractivity contribution >= 4 is 17.5 Å². The van der Waals surface area contributed by atoms with Gasteiger partial charge >= 0.3 is 0 Å². The van der Waals surface area contributed by atoms with Gasteiger partial charge in [-0.3, -0.25) is 4.79 Å². The lowest BCUT2D eigenvalue weighted by atomic mass is 10.1. The largest absolute Gasteiger partial charge is 0.497 e. The molecule has 0 saturated heterocycles. The number of ketones is 1. The first-order valence-electron chi connectivity index (χ1n) is 8.71. The summed E-state index contributed by atoms with van der Waals surface area (Å²) in [6.07, 6.45) is -0.482. The van der Waals surface area contributed by atoms with E-state index in [4.69, 9.17) is 18.6 Å². The fraction of sp³-hybridized carbons (Fsp3) is 0.250. The van der Waals surface area contributed by atoms with Crippen molar-refractivity contribution in [2.45, 2.75) is 23.5 Å². The Bertz CT molecular complexity index is 973. The fourth-order valence-corrected chi connectivity index (χ4v) is 3.50. The van der Waals surface area contributed by atoms with Gasteiger partial charge in [-0.1, -0.05) is 23.9 Å². The predicted octanol–water partition coefficient (Wildman–Crippen LogP) is 3.95. The van der Waals surface area contributed by atoms with Crippen LogP contribution in [0.25, 0.3) is 0 Å². The van der Waals surface area contributed by atoms with Crippen LogP contribution in [0.1, 0.15) is 29.3 Å². The predicted molar refractivity (Wildman–Crippen MR) is 102 cm³/mol. The van der Waals surface area contributed by atoms with Crippen molar-refractivity contribution in [1.82, 2.24) is 10.2 Å². The normalized spacial score (nSPS) is 16.4. The van der Waals surface area contributed by atoms with Crippen LogP contribution < -0.4 is 14.2 Å². The molecule has 0 amide bonds. The molecule has 2 aromatic carbocycles. The fourth-order valence-electron chi connectivity index (χ4n) is 2.73. The van der Waals surface area contributed by atoms with Gasteiger partial charge in [-0.05, 0) is 43.3 Å². The summed E-state index contributed by atoms with van der Waals surface area (Å²) in [5, 5.41) is 8.01. The van der Waals surface area contributed by atoms with E-state index >= 15 is 0 Å². The first-order valence-corrected chi connectivity index (χ1v) is 9.59. The Morgan fingerprint density at radius 1 is 1.14 bits per heavy atom. The average Bonchev–Trinajstić information content (AvgIpc) is 3.21. The van der Waals surface area contributed by atoms with Crippen LogP contribution in [-0.2, 0) is 0 Å². The molecule has 0 bridgehead atoms. The maximum Gasteiger partial charge on any atom is 0.277 e. The number of carbonyl (C=O) groups excluding carboxylic acids is 1. The maximum atomic E-state index is 12.6. The topological polar surface area (TPSA) is 83.7 Å². The van der Waals surface area contributed by atoms with E-state index in [2.05, 4.69) is 10.2 Å². The summed E-state index contributed by atoms with van der Waals surface area (Å²) >= 11 is 1.21. The third-order valence-electron chi connectivity index (χ3n) is 4.23. The number of nitrogens with zero attached hydrogens (tertiary/aromatic N) is 2. The molecule has 1 aromatic heterocycles. The zero-order valence-corrected chi connectivity index (χ0v) is 16.1. The molecule has 2 atom stereocenters. The number of carbonyl (C=O) groups is 1. The van der Waals surface area contributed by atoms with Gasteiger partial charge in [0, 0.05) is 5.56 Å². The second-order valence-corrected chi connectivity index (χ2v) is 7.42. The van der Waals surface area contributed by atoms with Crippen molar-refractivity contribution in [1.29, 1.82) is 0 Å². The van der Waals surface area contributed by atoms with Gasteiger partial charge in [-0.2, -0.15) is 0 Å². The van der Waals surface area contributed by atoms with Gasteiger partial charge in [-0.25, -0.2) is 0 Å². The molecule has 2 heterocycles. The molecule has 1 aliphatic heterocycles. The summed E-state index contributed by atoms with van der Waals surface area (Å²) in [6, 6.07) is 14.4. The van der Waals surface area contributed by atoms with E-state index in [0.29, 0.717) is 33.9 Å². The Balaban J connectivity index is 1.41. The number of benzene rings is 2. The maximum absolute atomic E-state index is 12.6. The zero-order valence-electron chi connectivity index (χ0n) is 15.3. The molecular weight excluding hydrogens is 380 g/mol. The molecule has 0 unspecified atom stereocenters. The minimum Gasteiger partial charge on any atom is -0.497 e. The van der Waals surface area contributed by atoms with E-state index in [0.717, 1.165) is 0 Å². The second kappa shape index (κ2) is 7.93. The highest BCUT2D eigenvalue weighted by Crippen LogP contribution is 2.36. The molecule has 0 N–H and O–H groups in total. The van der Waals surface area contributed by atoms with E-state index < -0.39 is 6.10 Å². The molecule has 0 saturated carbocycles. The summed E-state index contributed by atoms with van der Waals surface area (Å²) in [6.45, 7) is 2.08. The Kier molecular flexibility index (Phi) is 5.21.